The number of anilines is 1. The first-order valence-electron chi connectivity index (χ1n) is 9.80. The van der Waals surface area contributed by atoms with Gasteiger partial charge in [0.05, 0.1) is 21.3 Å². The van der Waals surface area contributed by atoms with Gasteiger partial charge in [-0.1, -0.05) is 29.3 Å². The molecule has 3 aromatic rings. The number of aromatic nitrogens is 2. The van der Waals surface area contributed by atoms with Gasteiger partial charge in [-0.3, -0.25) is 4.79 Å². The summed E-state index contributed by atoms with van der Waals surface area (Å²) < 4.78 is 0. The van der Waals surface area contributed by atoms with Gasteiger partial charge in [0.1, 0.15) is 11.1 Å². The summed E-state index contributed by atoms with van der Waals surface area (Å²) in [5, 5.41) is 16.3. The van der Waals surface area contributed by atoms with Gasteiger partial charge < -0.3 is 5.32 Å². The fourth-order valence-corrected chi connectivity index (χ4v) is 5.30. The van der Waals surface area contributed by atoms with Crippen molar-refractivity contribution >= 4 is 57.3 Å². The Morgan fingerprint density at radius 3 is 2.84 bits per heavy atom. The summed E-state index contributed by atoms with van der Waals surface area (Å²) in [6.45, 7) is 0. The van der Waals surface area contributed by atoms with Gasteiger partial charge in [-0.05, 0) is 49.4 Å². The van der Waals surface area contributed by atoms with Gasteiger partial charge in [0.2, 0.25) is 5.91 Å². The highest BCUT2D eigenvalue weighted by Crippen LogP contribution is 2.31. The molecule has 0 saturated heterocycles. The molecule has 158 valence electrons. The Morgan fingerprint density at radius 2 is 2.03 bits per heavy atom. The Labute approximate surface area is 198 Å². The molecule has 0 aliphatic heterocycles. The monoisotopic (exact) mass is 488 g/mol. The molecule has 9 heteroatoms. The SMILES string of the molecule is N#Cc1cc2c(nc1SCCC(=O)Nc1nc(-c3ccc(Cl)c(Cl)c3)cs1)CCCC2. The van der Waals surface area contributed by atoms with E-state index < -0.39 is 0 Å². The second kappa shape index (κ2) is 10.0. The minimum atomic E-state index is -0.126. The number of pyridine rings is 1. The van der Waals surface area contributed by atoms with Crippen molar-refractivity contribution < 1.29 is 4.79 Å². The topological polar surface area (TPSA) is 78.7 Å². The Hall–Kier alpha value is -2.11. The summed E-state index contributed by atoms with van der Waals surface area (Å²) in [5.41, 5.74) is 4.44. The molecule has 1 aromatic carbocycles. The number of carbonyl (C=O) groups excluding carboxylic acids is 1. The van der Waals surface area contributed by atoms with Crippen molar-refractivity contribution in [1.29, 1.82) is 5.26 Å². The number of carbonyl (C=O) groups is 1. The maximum absolute atomic E-state index is 12.4. The van der Waals surface area contributed by atoms with Crippen molar-refractivity contribution in [2.75, 3.05) is 11.1 Å². The molecule has 0 fully saturated rings. The first-order chi connectivity index (χ1) is 15.0. The lowest BCUT2D eigenvalue weighted by Crippen LogP contribution is -2.12. The Balaban J connectivity index is 1.34. The Morgan fingerprint density at radius 1 is 1.19 bits per heavy atom. The number of fused-ring (bicyclic) bond motifs is 1. The van der Waals surface area contributed by atoms with E-state index in [1.54, 1.807) is 12.1 Å². The minimum absolute atomic E-state index is 0.126. The van der Waals surface area contributed by atoms with Crippen molar-refractivity contribution in [3.63, 3.8) is 0 Å². The van der Waals surface area contributed by atoms with E-state index in [2.05, 4.69) is 16.4 Å². The molecule has 0 saturated carbocycles. The van der Waals surface area contributed by atoms with Crippen LogP contribution in [-0.2, 0) is 17.6 Å². The van der Waals surface area contributed by atoms with E-state index in [4.69, 9.17) is 28.2 Å². The Kier molecular flexibility index (Phi) is 7.13. The van der Waals surface area contributed by atoms with Crippen LogP contribution in [0.15, 0.2) is 34.7 Å². The van der Waals surface area contributed by atoms with Crippen LogP contribution in [0.1, 0.15) is 36.1 Å². The van der Waals surface area contributed by atoms with E-state index in [1.165, 1.54) is 28.7 Å². The number of rotatable bonds is 6. The second-order valence-corrected chi connectivity index (χ2v) is 9.84. The summed E-state index contributed by atoms with van der Waals surface area (Å²) in [6.07, 6.45) is 4.53. The zero-order valence-electron chi connectivity index (χ0n) is 16.5. The van der Waals surface area contributed by atoms with Crippen LogP contribution in [0, 0.1) is 11.3 Å². The number of halogens is 2. The van der Waals surface area contributed by atoms with Gasteiger partial charge in [-0.2, -0.15) is 5.26 Å². The number of hydrogen-bond acceptors (Lipinski definition) is 6. The summed E-state index contributed by atoms with van der Waals surface area (Å²) in [7, 11) is 0. The number of aryl methyl sites for hydroxylation is 2. The van der Waals surface area contributed by atoms with Crippen LogP contribution in [0.25, 0.3) is 11.3 Å². The molecule has 31 heavy (non-hydrogen) atoms. The number of thiazole rings is 1. The summed E-state index contributed by atoms with van der Waals surface area (Å²) in [5.74, 6) is 0.413. The third kappa shape index (κ3) is 5.39. The summed E-state index contributed by atoms with van der Waals surface area (Å²) in [6, 6.07) is 9.51. The lowest BCUT2D eigenvalue weighted by molar-refractivity contribution is -0.115. The average molecular weight is 489 g/mol. The number of nitrogens with one attached hydrogen (secondary N) is 1. The lowest BCUT2D eigenvalue weighted by atomic mass is 9.95. The van der Waals surface area contributed by atoms with E-state index in [-0.39, 0.29) is 5.91 Å². The molecular formula is C22H18Cl2N4OS2. The van der Waals surface area contributed by atoms with Gasteiger partial charge in [0.25, 0.3) is 0 Å². The molecule has 0 radical (unpaired) electrons. The first kappa shape index (κ1) is 22.1. The van der Waals surface area contributed by atoms with Crippen molar-refractivity contribution in [3.05, 3.63) is 56.5 Å². The molecule has 1 aliphatic carbocycles. The first-order valence-corrected chi connectivity index (χ1v) is 12.4. The summed E-state index contributed by atoms with van der Waals surface area (Å²) in [4.78, 5) is 21.5. The fourth-order valence-electron chi connectivity index (χ4n) is 3.35. The highest BCUT2D eigenvalue weighted by atomic mass is 35.5. The van der Waals surface area contributed by atoms with Crippen molar-refractivity contribution in [3.8, 4) is 17.3 Å². The zero-order chi connectivity index (χ0) is 21.8. The third-order valence-electron chi connectivity index (χ3n) is 4.92. The number of nitriles is 1. The van der Waals surface area contributed by atoms with Crippen LogP contribution in [0.4, 0.5) is 5.13 Å². The van der Waals surface area contributed by atoms with Crippen LogP contribution in [-0.4, -0.2) is 21.6 Å². The van der Waals surface area contributed by atoms with Gasteiger partial charge in [-0.15, -0.1) is 23.1 Å². The molecule has 1 aliphatic rings. The lowest BCUT2D eigenvalue weighted by Gasteiger charge is -2.16. The molecular weight excluding hydrogens is 471 g/mol. The van der Waals surface area contributed by atoms with E-state index in [0.717, 1.165) is 42.6 Å². The number of amides is 1. The predicted molar refractivity (Wildman–Crippen MR) is 127 cm³/mol. The van der Waals surface area contributed by atoms with Crippen LogP contribution in [0.2, 0.25) is 10.0 Å². The average Bonchev–Trinajstić information content (AvgIpc) is 3.23. The van der Waals surface area contributed by atoms with Crippen molar-refractivity contribution in [1.82, 2.24) is 9.97 Å². The molecule has 2 heterocycles. The number of nitrogens with zero attached hydrogens (tertiary/aromatic N) is 3. The van der Waals surface area contributed by atoms with E-state index in [1.807, 2.05) is 17.5 Å². The predicted octanol–water partition coefficient (Wildman–Crippen LogP) is 6.38. The van der Waals surface area contributed by atoms with Gasteiger partial charge in [-0.25, -0.2) is 9.97 Å². The van der Waals surface area contributed by atoms with Crippen molar-refractivity contribution in [2.45, 2.75) is 37.1 Å². The number of thioether (sulfide) groups is 1. The standard InChI is InChI=1S/C22H18Cl2N4OS2/c23-16-6-5-14(10-17(16)24)19-12-31-22(27-19)28-20(29)7-8-30-21-15(11-25)9-13-3-1-2-4-18(13)26-21/h5-6,9-10,12H,1-4,7-8H2,(H,27,28,29). The quantitative estimate of drug-likeness (QED) is 0.407. The Bertz CT molecular complexity index is 1170. The molecule has 5 nitrogen and oxygen atoms in total. The van der Waals surface area contributed by atoms with Gasteiger partial charge >= 0.3 is 0 Å². The second-order valence-electron chi connectivity index (χ2n) is 7.08. The highest BCUT2D eigenvalue weighted by molar-refractivity contribution is 7.99. The molecule has 1 N–H and O–H groups in total. The molecule has 0 bridgehead atoms. The van der Waals surface area contributed by atoms with Gasteiger partial charge in [0, 0.05) is 28.8 Å². The van der Waals surface area contributed by atoms with E-state index >= 15 is 0 Å². The maximum Gasteiger partial charge on any atom is 0.226 e. The van der Waals surface area contributed by atoms with Crippen LogP contribution in [0.3, 0.4) is 0 Å². The maximum atomic E-state index is 12.4. The van der Waals surface area contributed by atoms with E-state index in [0.29, 0.717) is 37.9 Å². The van der Waals surface area contributed by atoms with Crippen LogP contribution < -0.4 is 5.32 Å². The largest absolute Gasteiger partial charge is 0.302 e. The zero-order valence-corrected chi connectivity index (χ0v) is 19.6. The number of hydrogen-bond donors (Lipinski definition) is 1. The van der Waals surface area contributed by atoms with Crippen LogP contribution in [0.5, 0.6) is 0 Å². The fraction of sp³-hybridized carbons (Fsp3) is 0.273. The molecule has 0 spiro atoms. The molecule has 2 aromatic heterocycles. The van der Waals surface area contributed by atoms with Gasteiger partial charge in [0.15, 0.2) is 5.13 Å². The number of benzene rings is 1. The van der Waals surface area contributed by atoms with Crippen molar-refractivity contribution in [2.24, 2.45) is 0 Å². The summed E-state index contributed by atoms with van der Waals surface area (Å²) >= 11 is 14.8. The molecule has 0 unspecified atom stereocenters. The third-order valence-corrected chi connectivity index (χ3v) is 7.41. The minimum Gasteiger partial charge on any atom is -0.302 e. The molecule has 0 atom stereocenters. The molecule has 1 amide bonds. The molecule has 4 rings (SSSR count). The normalized spacial score (nSPS) is 12.8. The smallest absolute Gasteiger partial charge is 0.226 e. The highest BCUT2D eigenvalue weighted by Gasteiger charge is 2.16. The van der Waals surface area contributed by atoms with Crippen LogP contribution >= 0.6 is 46.3 Å². The van der Waals surface area contributed by atoms with E-state index in [9.17, 15) is 10.1 Å².